The van der Waals surface area contributed by atoms with Gasteiger partial charge >= 0.3 is 0 Å². The number of nitrogens with zero attached hydrogens (tertiary/aromatic N) is 2. The second kappa shape index (κ2) is 4.85. The monoisotopic (exact) mass is 268 g/mol. The van der Waals surface area contributed by atoms with Crippen molar-refractivity contribution in [3.05, 3.63) is 47.9 Å². The molecule has 102 valence electrons. The van der Waals surface area contributed by atoms with Crippen LogP contribution in [0.3, 0.4) is 0 Å². The Morgan fingerprint density at radius 1 is 1.40 bits per heavy atom. The highest BCUT2D eigenvalue weighted by molar-refractivity contribution is 6.06. The van der Waals surface area contributed by atoms with Crippen molar-refractivity contribution in [2.24, 2.45) is 7.05 Å². The summed E-state index contributed by atoms with van der Waals surface area (Å²) >= 11 is 0. The van der Waals surface area contributed by atoms with Gasteiger partial charge in [0.05, 0.1) is 11.4 Å². The summed E-state index contributed by atoms with van der Waals surface area (Å²) < 4.78 is 1.71. The first-order valence-electron chi connectivity index (χ1n) is 6.58. The molecule has 0 saturated heterocycles. The minimum absolute atomic E-state index is 0.121. The number of aromatic amines is 1. The molecule has 0 spiro atoms. The van der Waals surface area contributed by atoms with Crippen LogP contribution in [-0.2, 0) is 13.5 Å². The summed E-state index contributed by atoms with van der Waals surface area (Å²) in [6, 6.07) is 7.60. The Hall–Kier alpha value is -2.56. The van der Waals surface area contributed by atoms with Crippen molar-refractivity contribution in [3.63, 3.8) is 0 Å². The summed E-state index contributed by atoms with van der Waals surface area (Å²) in [5, 5.41) is 8.33. The van der Waals surface area contributed by atoms with Crippen molar-refractivity contribution in [1.29, 1.82) is 0 Å². The molecule has 0 aliphatic rings. The fourth-order valence-corrected chi connectivity index (χ4v) is 2.28. The lowest BCUT2D eigenvalue weighted by atomic mass is 10.1. The van der Waals surface area contributed by atoms with Gasteiger partial charge in [0.1, 0.15) is 0 Å². The van der Waals surface area contributed by atoms with Crippen LogP contribution in [0.15, 0.2) is 36.7 Å². The fraction of sp³-hybridized carbons (Fsp3) is 0.200. The third kappa shape index (κ3) is 2.18. The van der Waals surface area contributed by atoms with Gasteiger partial charge in [-0.25, -0.2) is 0 Å². The number of fused-ring (bicyclic) bond motifs is 1. The second-order valence-electron chi connectivity index (χ2n) is 4.75. The van der Waals surface area contributed by atoms with Gasteiger partial charge in [0.15, 0.2) is 0 Å². The molecule has 2 aromatic heterocycles. The fourth-order valence-electron chi connectivity index (χ4n) is 2.28. The first-order valence-corrected chi connectivity index (χ1v) is 6.58. The summed E-state index contributed by atoms with van der Waals surface area (Å²) in [7, 11) is 1.85. The number of anilines is 1. The van der Waals surface area contributed by atoms with Crippen LogP contribution in [0.1, 0.15) is 23.0 Å². The van der Waals surface area contributed by atoms with E-state index in [-0.39, 0.29) is 5.91 Å². The average molecular weight is 268 g/mol. The molecule has 5 nitrogen and oxygen atoms in total. The molecule has 1 aromatic carbocycles. The zero-order valence-electron chi connectivity index (χ0n) is 11.5. The number of hydrogen-bond donors (Lipinski definition) is 2. The molecule has 3 aromatic rings. The van der Waals surface area contributed by atoms with Crippen LogP contribution in [-0.4, -0.2) is 20.7 Å². The molecular weight excluding hydrogens is 252 g/mol. The number of hydrogen-bond acceptors (Lipinski definition) is 2. The molecule has 2 N–H and O–H groups in total. The minimum Gasteiger partial charge on any atom is -0.361 e. The number of aromatic nitrogens is 3. The standard InChI is InChI=1S/C15H16N4O/c1-3-12-14(9-19(2)18-12)17-15(20)11-5-4-10-6-7-16-13(10)8-11/h4-9,16H,3H2,1-2H3,(H,17,20). The highest BCUT2D eigenvalue weighted by Crippen LogP contribution is 2.18. The number of benzene rings is 1. The molecule has 2 heterocycles. The summed E-state index contributed by atoms with van der Waals surface area (Å²) in [5.41, 5.74) is 3.25. The van der Waals surface area contributed by atoms with Gasteiger partial charge in [-0.1, -0.05) is 13.0 Å². The first-order chi connectivity index (χ1) is 9.67. The molecule has 0 bridgehead atoms. The van der Waals surface area contributed by atoms with Gasteiger partial charge in [0.25, 0.3) is 5.91 Å². The minimum atomic E-state index is -0.121. The van der Waals surface area contributed by atoms with E-state index in [1.165, 1.54) is 0 Å². The molecule has 0 fully saturated rings. The summed E-state index contributed by atoms with van der Waals surface area (Å²) in [6.07, 6.45) is 4.47. The van der Waals surface area contributed by atoms with Crippen molar-refractivity contribution in [3.8, 4) is 0 Å². The molecule has 0 radical (unpaired) electrons. The second-order valence-corrected chi connectivity index (χ2v) is 4.75. The number of H-pyrrole nitrogens is 1. The maximum Gasteiger partial charge on any atom is 0.255 e. The van der Waals surface area contributed by atoms with Gasteiger partial charge in [0, 0.05) is 30.5 Å². The molecule has 3 rings (SSSR count). The van der Waals surface area contributed by atoms with Crippen LogP contribution in [0.4, 0.5) is 5.69 Å². The van der Waals surface area contributed by atoms with Crippen molar-refractivity contribution in [2.45, 2.75) is 13.3 Å². The van der Waals surface area contributed by atoms with Gasteiger partial charge < -0.3 is 10.3 Å². The third-order valence-electron chi connectivity index (χ3n) is 3.31. The summed E-state index contributed by atoms with van der Waals surface area (Å²) in [4.78, 5) is 15.4. The Kier molecular flexibility index (Phi) is 3.02. The van der Waals surface area contributed by atoms with Gasteiger partial charge in [-0.2, -0.15) is 5.10 Å². The molecule has 1 amide bonds. The Balaban J connectivity index is 1.88. The van der Waals surface area contributed by atoms with Gasteiger partial charge in [0.2, 0.25) is 0 Å². The number of carbonyl (C=O) groups excluding carboxylic acids is 1. The van der Waals surface area contributed by atoms with Crippen molar-refractivity contribution in [2.75, 3.05) is 5.32 Å². The van der Waals surface area contributed by atoms with Gasteiger partial charge in [-0.05, 0) is 30.0 Å². The van der Waals surface area contributed by atoms with Crippen molar-refractivity contribution < 1.29 is 4.79 Å². The average Bonchev–Trinajstić information content (AvgIpc) is 3.03. The predicted molar refractivity (Wildman–Crippen MR) is 78.8 cm³/mol. The topological polar surface area (TPSA) is 62.7 Å². The number of nitrogens with one attached hydrogen (secondary N) is 2. The van der Waals surface area contributed by atoms with E-state index < -0.39 is 0 Å². The molecule has 0 aliphatic heterocycles. The van der Waals surface area contributed by atoms with E-state index in [0.29, 0.717) is 5.56 Å². The first kappa shape index (κ1) is 12.5. The van der Waals surface area contributed by atoms with E-state index in [2.05, 4.69) is 15.4 Å². The van der Waals surface area contributed by atoms with E-state index in [0.717, 1.165) is 28.7 Å². The molecule has 0 atom stereocenters. The van der Waals surface area contributed by atoms with Crippen molar-refractivity contribution in [1.82, 2.24) is 14.8 Å². The molecule has 0 unspecified atom stereocenters. The third-order valence-corrected chi connectivity index (χ3v) is 3.31. The van der Waals surface area contributed by atoms with Crippen LogP contribution in [0.2, 0.25) is 0 Å². The van der Waals surface area contributed by atoms with E-state index >= 15 is 0 Å². The zero-order chi connectivity index (χ0) is 14.1. The van der Waals surface area contributed by atoms with E-state index in [4.69, 9.17) is 0 Å². The summed E-state index contributed by atoms with van der Waals surface area (Å²) in [5.74, 6) is -0.121. The SMILES string of the molecule is CCc1nn(C)cc1NC(=O)c1ccc2cc[nH]c2c1. The Bertz CT molecular complexity index is 769. The van der Waals surface area contributed by atoms with Crippen LogP contribution in [0.25, 0.3) is 10.9 Å². The molecule has 20 heavy (non-hydrogen) atoms. The molecular formula is C15H16N4O. The van der Waals surface area contributed by atoms with Crippen LogP contribution < -0.4 is 5.32 Å². The van der Waals surface area contributed by atoms with Crippen LogP contribution in [0.5, 0.6) is 0 Å². The maximum atomic E-state index is 12.3. The smallest absolute Gasteiger partial charge is 0.255 e. The molecule has 0 saturated carbocycles. The summed E-state index contributed by atoms with van der Waals surface area (Å²) in [6.45, 7) is 2.02. The number of aryl methyl sites for hydroxylation is 2. The van der Waals surface area contributed by atoms with Crippen molar-refractivity contribution >= 4 is 22.5 Å². The molecule has 0 aliphatic carbocycles. The van der Waals surface area contributed by atoms with Gasteiger partial charge in [-0.15, -0.1) is 0 Å². The lowest BCUT2D eigenvalue weighted by Crippen LogP contribution is -2.12. The highest BCUT2D eigenvalue weighted by Gasteiger charge is 2.12. The van der Waals surface area contributed by atoms with E-state index in [9.17, 15) is 4.79 Å². The Morgan fingerprint density at radius 3 is 3.05 bits per heavy atom. The lowest BCUT2D eigenvalue weighted by Gasteiger charge is -2.04. The number of amides is 1. The van der Waals surface area contributed by atoms with Gasteiger partial charge in [-0.3, -0.25) is 9.48 Å². The largest absolute Gasteiger partial charge is 0.361 e. The highest BCUT2D eigenvalue weighted by atomic mass is 16.1. The maximum absolute atomic E-state index is 12.3. The Morgan fingerprint density at radius 2 is 2.25 bits per heavy atom. The normalized spacial score (nSPS) is 10.9. The van der Waals surface area contributed by atoms with E-state index in [1.54, 1.807) is 4.68 Å². The number of carbonyl (C=O) groups is 1. The molecule has 5 heteroatoms. The van der Waals surface area contributed by atoms with Crippen LogP contribution >= 0.6 is 0 Å². The number of rotatable bonds is 3. The zero-order valence-corrected chi connectivity index (χ0v) is 11.5. The Labute approximate surface area is 116 Å². The quantitative estimate of drug-likeness (QED) is 0.767. The predicted octanol–water partition coefficient (Wildman–Crippen LogP) is 2.72. The van der Waals surface area contributed by atoms with Crippen LogP contribution in [0, 0.1) is 0 Å². The lowest BCUT2D eigenvalue weighted by molar-refractivity contribution is 0.102. The van der Waals surface area contributed by atoms with E-state index in [1.807, 2.05) is 50.6 Å².